The molecule has 0 amide bonds. The summed E-state index contributed by atoms with van der Waals surface area (Å²) in [4.78, 5) is 0. The Morgan fingerprint density at radius 3 is 3.00 bits per heavy atom. The van der Waals surface area contributed by atoms with Crippen LogP contribution < -0.4 is 14.8 Å². The van der Waals surface area contributed by atoms with Crippen molar-refractivity contribution >= 4 is 0 Å². The van der Waals surface area contributed by atoms with Crippen LogP contribution in [0.25, 0.3) is 0 Å². The van der Waals surface area contributed by atoms with Crippen molar-refractivity contribution in [2.24, 2.45) is 0 Å². The van der Waals surface area contributed by atoms with Crippen LogP contribution >= 0.6 is 0 Å². The van der Waals surface area contributed by atoms with Gasteiger partial charge in [-0.1, -0.05) is 6.07 Å². The third-order valence-corrected chi connectivity index (χ3v) is 2.25. The van der Waals surface area contributed by atoms with Gasteiger partial charge >= 0.3 is 0 Å². The van der Waals surface area contributed by atoms with Crippen molar-refractivity contribution in [2.45, 2.75) is 13.0 Å². The third kappa shape index (κ3) is 2.59. The molecule has 0 bridgehead atoms. The Kier molecular flexibility index (Phi) is 3.40. The summed E-state index contributed by atoms with van der Waals surface area (Å²) < 4.78 is 22.3. The molecule has 0 atom stereocenters. The number of fused-ring (bicyclic) bond motifs is 1. The maximum Gasteiger partial charge on any atom is 0.231 e. The first-order valence-electron chi connectivity index (χ1n) is 5.05. The molecule has 4 heteroatoms. The lowest BCUT2D eigenvalue weighted by molar-refractivity contribution is 0.174. The summed E-state index contributed by atoms with van der Waals surface area (Å²) in [7, 11) is 0. The van der Waals surface area contributed by atoms with E-state index in [9.17, 15) is 4.39 Å². The Morgan fingerprint density at radius 2 is 2.13 bits per heavy atom. The van der Waals surface area contributed by atoms with Gasteiger partial charge in [0.15, 0.2) is 11.5 Å². The monoisotopic (exact) mass is 211 g/mol. The predicted molar refractivity (Wildman–Crippen MR) is 54.9 cm³/mol. The molecule has 0 saturated carbocycles. The number of hydrogen-bond donors (Lipinski definition) is 1. The van der Waals surface area contributed by atoms with Gasteiger partial charge in [-0.2, -0.15) is 0 Å². The highest BCUT2D eigenvalue weighted by atomic mass is 19.1. The van der Waals surface area contributed by atoms with Crippen LogP contribution in [0.2, 0.25) is 0 Å². The van der Waals surface area contributed by atoms with Crippen molar-refractivity contribution in [3.8, 4) is 11.5 Å². The normalized spacial score (nSPS) is 13.1. The van der Waals surface area contributed by atoms with Gasteiger partial charge < -0.3 is 14.8 Å². The van der Waals surface area contributed by atoms with Gasteiger partial charge in [0.05, 0.1) is 6.67 Å². The van der Waals surface area contributed by atoms with Gasteiger partial charge in [0.25, 0.3) is 0 Å². The molecule has 1 N–H and O–H groups in total. The van der Waals surface area contributed by atoms with Crippen molar-refractivity contribution in [1.29, 1.82) is 0 Å². The van der Waals surface area contributed by atoms with Crippen LogP contribution in [0, 0.1) is 0 Å². The van der Waals surface area contributed by atoms with Gasteiger partial charge in [-0.05, 0) is 30.7 Å². The molecule has 82 valence electrons. The second-order valence-corrected chi connectivity index (χ2v) is 3.41. The molecule has 0 saturated heterocycles. The summed E-state index contributed by atoms with van der Waals surface area (Å²) >= 11 is 0. The molecule has 1 aromatic rings. The third-order valence-electron chi connectivity index (χ3n) is 2.25. The number of hydrogen-bond acceptors (Lipinski definition) is 3. The van der Waals surface area contributed by atoms with Gasteiger partial charge in [0, 0.05) is 6.54 Å². The average molecular weight is 211 g/mol. The van der Waals surface area contributed by atoms with E-state index in [1.807, 2.05) is 18.2 Å². The summed E-state index contributed by atoms with van der Waals surface area (Å²) in [5.41, 5.74) is 1.12. The van der Waals surface area contributed by atoms with E-state index in [-0.39, 0.29) is 6.67 Å². The molecular weight excluding hydrogens is 197 g/mol. The van der Waals surface area contributed by atoms with Crippen LogP contribution in [-0.4, -0.2) is 20.0 Å². The first-order valence-corrected chi connectivity index (χ1v) is 5.05. The zero-order valence-corrected chi connectivity index (χ0v) is 8.46. The molecule has 1 heterocycles. The molecule has 0 unspecified atom stereocenters. The minimum atomic E-state index is -0.270. The second kappa shape index (κ2) is 4.98. The number of halogens is 1. The molecule has 0 aromatic heterocycles. The lowest BCUT2D eigenvalue weighted by atomic mass is 10.2. The summed E-state index contributed by atoms with van der Waals surface area (Å²) in [6.45, 7) is 1.46. The topological polar surface area (TPSA) is 30.5 Å². The van der Waals surface area contributed by atoms with Crippen LogP contribution in [0.15, 0.2) is 18.2 Å². The fourth-order valence-corrected chi connectivity index (χ4v) is 1.48. The number of rotatable bonds is 5. The van der Waals surface area contributed by atoms with Crippen molar-refractivity contribution in [3.05, 3.63) is 23.8 Å². The van der Waals surface area contributed by atoms with Crippen LogP contribution in [0.3, 0.4) is 0 Å². The van der Waals surface area contributed by atoms with E-state index in [0.29, 0.717) is 19.8 Å². The van der Waals surface area contributed by atoms with E-state index in [4.69, 9.17) is 9.47 Å². The van der Waals surface area contributed by atoms with Crippen LogP contribution in [-0.2, 0) is 6.54 Å². The SMILES string of the molecule is FCCCNCc1ccc2c(c1)OCO2. The smallest absolute Gasteiger partial charge is 0.231 e. The number of benzene rings is 1. The minimum absolute atomic E-state index is 0.270. The number of ether oxygens (including phenoxy) is 2. The van der Waals surface area contributed by atoms with Gasteiger partial charge in [0.1, 0.15) is 0 Å². The Morgan fingerprint density at radius 1 is 1.27 bits per heavy atom. The van der Waals surface area contributed by atoms with Gasteiger partial charge in [-0.3, -0.25) is 4.39 Å². The van der Waals surface area contributed by atoms with Crippen molar-refractivity contribution in [2.75, 3.05) is 20.0 Å². The summed E-state index contributed by atoms with van der Waals surface area (Å²) in [5.74, 6) is 1.59. The molecule has 2 rings (SSSR count). The van der Waals surface area contributed by atoms with Crippen molar-refractivity contribution < 1.29 is 13.9 Å². The van der Waals surface area contributed by atoms with E-state index in [1.165, 1.54) is 0 Å². The first-order chi connectivity index (χ1) is 7.40. The largest absolute Gasteiger partial charge is 0.454 e. The van der Waals surface area contributed by atoms with E-state index >= 15 is 0 Å². The molecule has 3 nitrogen and oxygen atoms in total. The highest BCUT2D eigenvalue weighted by molar-refractivity contribution is 5.44. The molecule has 0 spiro atoms. The van der Waals surface area contributed by atoms with Gasteiger partial charge in [-0.25, -0.2) is 0 Å². The Balaban J connectivity index is 1.87. The summed E-state index contributed by atoms with van der Waals surface area (Å²) in [6.07, 6.45) is 0.560. The highest BCUT2D eigenvalue weighted by Crippen LogP contribution is 2.32. The molecule has 1 aliphatic rings. The van der Waals surface area contributed by atoms with E-state index in [1.54, 1.807) is 0 Å². The first kappa shape index (κ1) is 10.2. The zero-order chi connectivity index (χ0) is 10.5. The fourth-order valence-electron chi connectivity index (χ4n) is 1.48. The molecule has 1 aromatic carbocycles. The predicted octanol–water partition coefficient (Wildman–Crippen LogP) is 1.86. The summed E-state index contributed by atoms with van der Waals surface area (Å²) in [6, 6.07) is 5.83. The molecular formula is C11H14FNO2. The van der Waals surface area contributed by atoms with Crippen LogP contribution in [0.4, 0.5) is 4.39 Å². The van der Waals surface area contributed by atoms with E-state index in [2.05, 4.69) is 5.32 Å². The van der Waals surface area contributed by atoms with E-state index < -0.39 is 0 Å². The van der Waals surface area contributed by atoms with Gasteiger partial charge in [-0.15, -0.1) is 0 Å². The van der Waals surface area contributed by atoms with Gasteiger partial charge in [0.2, 0.25) is 6.79 Å². The molecule has 0 fully saturated rings. The second-order valence-electron chi connectivity index (χ2n) is 3.41. The standard InChI is InChI=1S/C11H14FNO2/c12-4-1-5-13-7-9-2-3-10-11(6-9)15-8-14-10/h2-3,6,13H,1,4-5,7-8H2. The maximum atomic E-state index is 11.8. The highest BCUT2D eigenvalue weighted by Gasteiger charge is 2.12. The van der Waals surface area contributed by atoms with Crippen LogP contribution in [0.5, 0.6) is 11.5 Å². The lowest BCUT2D eigenvalue weighted by Gasteiger charge is -2.04. The Bertz CT molecular complexity index is 330. The minimum Gasteiger partial charge on any atom is -0.454 e. The Hall–Kier alpha value is -1.29. The summed E-state index contributed by atoms with van der Waals surface area (Å²) in [5, 5.41) is 3.16. The van der Waals surface area contributed by atoms with Crippen molar-refractivity contribution in [3.63, 3.8) is 0 Å². The fraction of sp³-hybridized carbons (Fsp3) is 0.455. The quantitative estimate of drug-likeness (QED) is 0.754. The molecule has 0 radical (unpaired) electrons. The molecule has 15 heavy (non-hydrogen) atoms. The van der Waals surface area contributed by atoms with Crippen LogP contribution in [0.1, 0.15) is 12.0 Å². The number of nitrogens with one attached hydrogen (secondary N) is 1. The molecule has 0 aliphatic carbocycles. The lowest BCUT2D eigenvalue weighted by Crippen LogP contribution is -2.14. The zero-order valence-electron chi connectivity index (χ0n) is 8.46. The molecule has 1 aliphatic heterocycles. The van der Waals surface area contributed by atoms with E-state index in [0.717, 1.165) is 23.6 Å². The Labute approximate surface area is 88.2 Å². The maximum absolute atomic E-state index is 11.8. The average Bonchev–Trinajstić information content (AvgIpc) is 2.71. The van der Waals surface area contributed by atoms with Crippen molar-refractivity contribution in [1.82, 2.24) is 5.32 Å². The number of alkyl halides is 1.